The minimum Gasteiger partial charge on any atom is -0.363 e. The quantitative estimate of drug-likeness (QED) is 0.781. The van der Waals surface area contributed by atoms with Crippen LogP contribution in [0.3, 0.4) is 0 Å². The summed E-state index contributed by atoms with van der Waals surface area (Å²) in [6.07, 6.45) is 0.817. The van der Waals surface area contributed by atoms with E-state index in [2.05, 4.69) is 0 Å². The zero-order valence-electron chi connectivity index (χ0n) is 11.1. The van der Waals surface area contributed by atoms with Gasteiger partial charge in [0, 0.05) is 22.8 Å². The van der Waals surface area contributed by atoms with Gasteiger partial charge in [-0.2, -0.15) is 0 Å². The Morgan fingerprint density at radius 3 is 2.76 bits per heavy atom. The second-order valence-corrected chi connectivity index (χ2v) is 5.84. The Labute approximate surface area is 132 Å². The zero-order chi connectivity index (χ0) is 15.0. The first kappa shape index (κ1) is 14.4. The number of hydrogen-bond donors (Lipinski definition) is 0. The Balaban J connectivity index is 1.82. The number of halogens is 3. The number of anilines is 1. The van der Waals surface area contributed by atoms with Crippen LogP contribution in [0.1, 0.15) is 15.9 Å². The fourth-order valence-corrected chi connectivity index (χ4v) is 3.07. The summed E-state index contributed by atoms with van der Waals surface area (Å²) < 4.78 is 13.4. The standard InChI is InChI=1S/C16H12Cl2FNO/c17-11-2-4-13(14(18)7-11)16(21)9-20-6-5-10-1-3-12(19)8-15(10)20/h1-4,7-8H,5-6,9H2. The first-order valence-electron chi connectivity index (χ1n) is 6.56. The number of hydrogen-bond acceptors (Lipinski definition) is 2. The van der Waals surface area contributed by atoms with E-state index in [0.29, 0.717) is 22.2 Å². The van der Waals surface area contributed by atoms with Crippen molar-refractivity contribution in [3.8, 4) is 0 Å². The van der Waals surface area contributed by atoms with Crippen molar-refractivity contribution in [2.45, 2.75) is 6.42 Å². The summed E-state index contributed by atoms with van der Waals surface area (Å²) in [4.78, 5) is 14.2. The van der Waals surface area contributed by atoms with E-state index in [1.54, 1.807) is 24.3 Å². The van der Waals surface area contributed by atoms with Crippen LogP contribution in [0.15, 0.2) is 36.4 Å². The maximum Gasteiger partial charge on any atom is 0.183 e. The van der Waals surface area contributed by atoms with Crippen LogP contribution in [-0.4, -0.2) is 18.9 Å². The van der Waals surface area contributed by atoms with Crippen molar-refractivity contribution < 1.29 is 9.18 Å². The van der Waals surface area contributed by atoms with Gasteiger partial charge in [-0.25, -0.2) is 4.39 Å². The smallest absolute Gasteiger partial charge is 0.183 e. The molecule has 1 aliphatic heterocycles. The predicted molar refractivity (Wildman–Crippen MR) is 83.1 cm³/mol. The Bertz CT molecular complexity index is 717. The Kier molecular flexibility index (Phi) is 3.87. The molecule has 0 fully saturated rings. The lowest BCUT2D eigenvalue weighted by atomic mass is 10.1. The van der Waals surface area contributed by atoms with Gasteiger partial charge in [-0.3, -0.25) is 4.79 Å². The second-order valence-electron chi connectivity index (χ2n) is 4.99. The molecule has 3 rings (SSSR count). The van der Waals surface area contributed by atoms with Gasteiger partial charge in [0.1, 0.15) is 5.82 Å². The first-order chi connectivity index (χ1) is 10.0. The predicted octanol–water partition coefficient (Wildman–Crippen LogP) is 4.38. The lowest BCUT2D eigenvalue weighted by Gasteiger charge is -2.18. The molecule has 0 radical (unpaired) electrons. The lowest BCUT2D eigenvalue weighted by molar-refractivity contribution is 0.0999. The van der Waals surface area contributed by atoms with Crippen LogP contribution in [-0.2, 0) is 6.42 Å². The van der Waals surface area contributed by atoms with Crippen molar-refractivity contribution in [1.29, 1.82) is 0 Å². The van der Waals surface area contributed by atoms with E-state index >= 15 is 0 Å². The fourth-order valence-electron chi connectivity index (χ4n) is 2.56. The molecular formula is C16H12Cl2FNO. The monoisotopic (exact) mass is 323 g/mol. The van der Waals surface area contributed by atoms with E-state index < -0.39 is 0 Å². The molecule has 2 aromatic rings. The van der Waals surface area contributed by atoms with Gasteiger partial charge in [-0.1, -0.05) is 29.3 Å². The molecule has 2 nitrogen and oxygen atoms in total. The second kappa shape index (κ2) is 5.66. The van der Waals surface area contributed by atoms with Crippen molar-refractivity contribution in [3.63, 3.8) is 0 Å². The summed E-state index contributed by atoms with van der Waals surface area (Å²) in [6.45, 7) is 0.882. The molecule has 2 aromatic carbocycles. The Morgan fingerprint density at radius 2 is 2.00 bits per heavy atom. The third-order valence-corrected chi connectivity index (χ3v) is 4.15. The molecule has 21 heavy (non-hydrogen) atoms. The highest BCUT2D eigenvalue weighted by Crippen LogP contribution is 2.29. The minimum atomic E-state index is -0.294. The fraction of sp³-hybridized carbons (Fsp3) is 0.188. The molecular weight excluding hydrogens is 312 g/mol. The van der Waals surface area contributed by atoms with Gasteiger partial charge >= 0.3 is 0 Å². The summed E-state index contributed by atoms with van der Waals surface area (Å²) in [5.41, 5.74) is 2.28. The van der Waals surface area contributed by atoms with Gasteiger partial charge in [0.15, 0.2) is 5.78 Å². The van der Waals surface area contributed by atoms with Crippen LogP contribution in [0, 0.1) is 5.82 Å². The van der Waals surface area contributed by atoms with E-state index in [0.717, 1.165) is 17.7 Å². The normalized spacial score (nSPS) is 13.4. The molecule has 5 heteroatoms. The van der Waals surface area contributed by atoms with Gasteiger partial charge in [-0.05, 0) is 42.3 Å². The number of ketones is 1. The number of benzene rings is 2. The summed E-state index contributed by atoms with van der Waals surface area (Å²) in [5.74, 6) is -0.397. The van der Waals surface area contributed by atoms with E-state index in [-0.39, 0.29) is 18.1 Å². The Morgan fingerprint density at radius 1 is 1.19 bits per heavy atom. The molecule has 0 amide bonds. The molecule has 0 saturated heterocycles. The molecule has 1 aliphatic rings. The lowest BCUT2D eigenvalue weighted by Crippen LogP contribution is -2.28. The maximum atomic E-state index is 13.4. The van der Waals surface area contributed by atoms with Crippen molar-refractivity contribution in [1.82, 2.24) is 0 Å². The highest BCUT2D eigenvalue weighted by molar-refractivity contribution is 6.37. The summed E-state index contributed by atoms with van der Waals surface area (Å²) in [6, 6.07) is 9.49. The van der Waals surface area contributed by atoms with Crippen molar-refractivity contribution in [2.75, 3.05) is 18.0 Å². The van der Waals surface area contributed by atoms with E-state index in [1.165, 1.54) is 12.1 Å². The average Bonchev–Trinajstić information content (AvgIpc) is 2.81. The zero-order valence-corrected chi connectivity index (χ0v) is 12.6. The molecule has 0 bridgehead atoms. The summed E-state index contributed by atoms with van der Waals surface area (Å²) in [7, 11) is 0. The van der Waals surface area contributed by atoms with Gasteiger partial charge in [-0.15, -0.1) is 0 Å². The third kappa shape index (κ3) is 2.89. The molecule has 0 aromatic heterocycles. The first-order valence-corrected chi connectivity index (χ1v) is 7.32. The van der Waals surface area contributed by atoms with Gasteiger partial charge in [0.05, 0.1) is 11.6 Å². The average molecular weight is 324 g/mol. The van der Waals surface area contributed by atoms with Crippen LogP contribution < -0.4 is 4.90 Å². The maximum absolute atomic E-state index is 13.4. The SMILES string of the molecule is O=C(CN1CCc2ccc(F)cc21)c1ccc(Cl)cc1Cl. The number of carbonyl (C=O) groups excluding carboxylic acids is 1. The van der Waals surface area contributed by atoms with Crippen molar-refractivity contribution in [2.24, 2.45) is 0 Å². The van der Waals surface area contributed by atoms with E-state index in [9.17, 15) is 9.18 Å². The number of Topliss-reactive ketones (excluding diaryl/α,β-unsaturated/α-hetero) is 1. The number of nitrogens with zero attached hydrogens (tertiary/aromatic N) is 1. The van der Waals surface area contributed by atoms with Crippen LogP contribution in [0.2, 0.25) is 10.0 Å². The van der Waals surface area contributed by atoms with Crippen LogP contribution >= 0.6 is 23.2 Å². The number of rotatable bonds is 3. The molecule has 108 valence electrons. The van der Waals surface area contributed by atoms with Gasteiger partial charge in [0.2, 0.25) is 0 Å². The van der Waals surface area contributed by atoms with Crippen LogP contribution in [0.25, 0.3) is 0 Å². The van der Waals surface area contributed by atoms with Crippen molar-refractivity contribution >= 4 is 34.7 Å². The summed E-state index contributed by atoms with van der Waals surface area (Å²) in [5, 5.41) is 0.830. The minimum absolute atomic E-state index is 0.103. The molecule has 0 aliphatic carbocycles. The molecule has 0 unspecified atom stereocenters. The van der Waals surface area contributed by atoms with E-state index in [1.807, 2.05) is 4.90 Å². The van der Waals surface area contributed by atoms with E-state index in [4.69, 9.17) is 23.2 Å². The highest BCUT2D eigenvalue weighted by atomic mass is 35.5. The molecule has 0 N–H and O–H groups in total. The van der Waals surface area contributed by atoms with Crippen LogP contribution in [0.5, 0.6) is 0 Å². The van der Waals surface area contributed by atoms with Crippen LogP contribution in [0.4, 0.5) is 10.1 Å². The van der Waals surface area contributed by atoms with Gasteiger partial charge < -0.3 is 4.90 Å². The third-order valence-electron chi connectivity index (χ3n) is 3.61. The Hall–Kier alpha value is -1.58. The number of carbonyl (C=O) groups is 1. The summed E-state index contributed by atoms with van der Waals surface area (Å²) >= 11 is 11.9. The van der Waals surface area contributed by atoms with Gasteiger partial charge in [0.25, 0.3) is 0 Å². The molecule has 0 saturated carbocycles. The highest BCUT2D eigenvalue weighted by Gasteiger charge is 2.23. The molecule has 1 heterocycles. The molecule has 0 spiro atoms. The number of fused-ring (bicyclic) bond motifs is 1. The van der Waals surface area contributed by atoms with Crippen molar-refractivity contribution in [3.05, 3.63) is 63.4 Å². The topological polar surface area (TPSA) is 20.3 Å². The largest absolute Gasteiger partial charge is 0.363 e. The molecule has 0 atom stereocenters.